The Morgan fingerprint density at radius 1 is 1.35 bits per heavy atom. The van der Waals surface area contributed by atoms with Crippen molar-refractivity contribution in [1.82, 2.24) is 4.90 Å². The smallest absolute Gasteiger partial charge is 0.123 e. The molecule has 0 radical (unpaired) electrons. The average molecular weight is 239 g/mol. The first-order chi connectivity index (χ1) is 8.28. The van der Waals surface area contributed by atoms with Crippen LogP contribution in [0.5, 0.6) is 5.75 Å². The van der Waals surface area contributed by atoms with Crippen molar-refractivity contribution in [3.63, 3.8) is 0 Å². The Balaban J connectivity index is 1.68. The van der Waals surface area contributed by atoms with E-state index in [-0.39, 0.29) is 12.4 Å². The van der Waals surface area contributed by atoms with Gasteiger partial charge in [0.05, 0.1) is 0 Å². The summed E-state index contributed by atoms with van der Waals surface area (Å²) in [5, 5.41) is 9.02. The highest BCUT2D eigenvalue weighted by Gasteiger charge is 2.20. The van der Waals surface area contributed by atoms with Crippen LogP contribution < -0.4 is 4.74 Å². The van der Waals surface area contributed by atoms with Crippen LogP contribution in [0, 0.1) is 11.7 Å². The van der Waals surface area contributed by atoms with E-state index in [0.29, 0.717) is 18.3 Å². The quantitative estimate of drug-likeness (QED) is 0.845. The molecule has 1 N–H and O–H groups in total. The molecule has 2 rings (SSSR count). The van der Waals surface area contributed by atoms with Crippen molar-refractivity contribution in [2.45, 2.75) is 6.42 Å². The zero-order valence-corrected chi connectivity index (χ0v) is 9.81. The normalized spacial score (nSPS) is 20.7. The fraction of sp³-hybridized carbons (Fsp3) is 0.538. The molecule has 1 aromatic carbocycles. The van der Waals surface area contributed by atoms with Gasteiger partial charge in [-0.3, -0.25) is 4.90 Å². The molecule has 0 spiro atoms. The lowest BCUT2D eigenvalue weighted by Crippen LogP contribution is -2.26. The molecule has 1 aromatic rings. The van der Waals surface area contributed by atoms with Crippen LogP contribution >= 0.6 is 0 Å². The Labute approximate surface area is 101 Å². The van der Waals surface area contributed by atoms with Crippen molar-refractivity contribution in [2.75, 3.05) is 32.8 Å². The van der Waals surface area contributed by atoms with Crippen LogP contribution in [0.1, 0.15) is 6.42 Å². The van der Waals surface area contributed by atoms with Gasteiger partial charge in [0.2, 0.25) is 0 Å². The number of likely N-dealkylation sites (tertiary alicyclic amines) is 1. The maximum atomic E-state index is 12.6. The van der Waals surface area contributed by atoms with Gasteiger partial charge in [-0.25, -0.2) is 4.39 Å². The zero-order valence-electron chi connectivity index (χ0n) is 9.81. The molecule has 94 valence electrons. The summed E-state index contributed by atoms with van der Waals surface area (Å²) in [5.74, 6) is 0.868. The van der Waals surface area contributed by atoms with E-state index >= 15 is 0 Å². The lowest BCUT2D eigenvalue weighted by Gasteiger charge is -2.15. The average Bonchev–Trinajstić information content (AvgIpc) is 2.80. The van der Waals surface area contributed by atoms with Crippen LogP contribution in [-0.4, -0.2) is 42.9 Å². The summed E-state index contributed by atoms with van der Waals surface area (Å²) in [7, 11) is 0. The molecule has 0 bridgehead atoms. The minimum absolute atomic E-state index is 0.248. The number of rotatable bonds is 5. The molecule has 1 heterocycles. The standard InChI is InChI=1S/C13H18FNO2/c14-12-1-3-13(4-2-12)17-8-7-15-6-5-11(9-15)10-16/h1-4,11,16H,5-10H2/t11-/m1/s1. The van der Waals surface area contributed by atoms with E-state index in [1.165, 1.54) is 12.1 Å². The molecule has 1 aliphatic heterocycles. The third-order valence-electron chi connectivity index (χ3n) is 3.12. The highest BCUT2D eigenvalue weighted by atomic mass is 19.1. The number of ether oxygens (including phenoxy) is 1. The van der Waals surface area contributed by atoms with Crippen molar-refractivity contribution in [1.29, 1.82) is 0 Å². The van der Waals surface area contributed by atoms with Gasteiger partial charge in [-0.15, -0.1) is 0 Å². The number of benzene rings is 1. The van der Waals surface area contributed by atoms with E-state index in [0.717, 1.165) is 26.1 Å². The Bertz CT molecular complexity index is 342. The lowest BCUT2D eigenvalue weighted by molar-refractivity contribution is 0.204. The van der Waals surface area contributed by atoms with Crippen molar-refractivity contribution >= 4 is 0 Å². The van der Waals surface area contributed by atoms with Gasteiger partial charge in [-0.1, -0.05) is 0 Å². The molecule has 17 heavy (non-hydrogen) atoms. The van der Waals surface area contributed by atoms with Crippen molar-refractivity contribution < 1.29 is 14.2 Å². The van der Waals surface area contributed by atoms with Crippen molar-refractivity contribution in [2.24, 2.45) is 5.92 Å². The van der Waals surface area contributed by atoms with Crippen LogP contribution in [0.15, 0.2) is 24.3 Å². The molecule has 4 heteroatoms. The monoisotopic (exact) mass is 239 g/mol. The minimum Gasteiger partial charge on any atom is -0.492 e. The second-order valence-corrected chi connectivity index (χ2v) is 4.44. The van der Waals surface area contributed by atoms with E-state index in [1.54, 1.807) is 12.1 Å². The third kappa shape index (κ3) is 3.68. The second-order valence-electron chi connectivity index (χ2n) is 4.44. The Morgan fingerprint density at radius 3 is 2.76 bits per heavy atom. The number of nitrogens with zero attached hydrogens (tertiary/aromatic N) is 1. The predicted molar refractivity (Wildman–Crippen MR) is 63.5 cm³/mol. The van der Waals surface area contributed by atoms with Crippen LogP contribution in [0.2, 0.25) is 0 Å². The Morgan fingerprint density at radius 2 is 2.12 bits per heavy atom. The second kappa shape index (κ2) is 5.98. The van der Waals surface area contributed by atoms with E-state index in [1.807, 2.05) is 0 Å². The topological polar surface area (TPSA) is 32.7 Å². The number of hydrogen-bond acceptors (Lipinski definition) is 3. The largest absolute Gasteiger partial charge is 0.492 e. The molecule has 0 saturated carbocycles. The summed E-state index contributed by atoms with van der Waals surface area (Å²) in [4.78, 5) is 2.28. The van der Waals surface area contributed by atoms with Crippen molar-refractivity contribution in [3.05, 3.63) is 30.1 Å². The molecule has 1 atom stereocenters. The van der Waals surface area contributed by atoms with E-state index in [4.69, 9.17) is 9.84 Å². The van der Waals surface area contributed by atoms with Gasteiger partial charge >= 0.3 is 0 Å². The van der Waals surface area contributed by atoms with Gasteiger partial charge < -0.3 is 9.84 Å². The number of aliphatic hydroxyl groups excluding tert-OH is 1. The van der Waals surface area contributed by atoms with E-state index < -0.39 is 0 Å². The van der Waals surface area contributed by atoms with Crippen LogP contribution in [0.4, 0.5) is 4.39 Å². The minimum atomic E-state index is -0.248. The van der Waals surface area contributed by atoms with Crippen molar-refractivity contribution in [3.8, 4) is 5.75 Å². The Hall–Kier alpha value is -1.13. The summed E-state index contributed by atoms with van der Waals surface area (Å²) in [5.41, 5.74) is 0. The molecular formula is C13H18FNO2. The maximum absolute atomic E-state index is 12.6. The van der Waals surface area contributed by atoms with E-state index in [9.17, 15) is 4.39 Å². The summed E-state index contributed by atoms with van der Waals surface area (Å²) in [6.45, 7) is 3.70. The highest BCUT2D eigenvalue weighted by molar-refractivity contribution is 5.21. The van der Waals surface area contributed by atoms with Gasteiger partial charge in [0.1, 0.15) is 18.2 Å². The molecule has 0 amide bonds. The van der Waals surface area contributed by atoms with Gasteiger partial charge in [0, 0.05) is 19.7 Å². The SMILES string of the molecule is OC[C@@H]1CCN(CCOc2ccc(F)cc2)C1. The number of halogens is 1. The lowest BCUT2D eigenvalue weighted by atomic mass is 10.1. The zero-order chi connectivity index (χ0) is 12.1. The molecule has 0 unspecified atom stereocenters. The summed E-state index contributed by atoms with van der Waals surface area (Å²) < 4.78 is 18.2. The summed E-state index contributed by atoms with van der Waals surface area (Å²) >= 11 is 0. The van der Waals surface area contributed by atoms with Gasteiger partial charge in [-0.2, -0.15) is 0 Å². The first kappa shape index (κ1) is 12.3. The first-order valence-electron chi connectivity index (χ1n) is 5.99. The summed E-state index contributed by atoms with van der Waals surface area (Å²) in [6, 6.07) is 6.06. The fourth-order valence-corrected chi connectivity index (χ4v) is 2.09. The molecular weight excluding hydrogens is 221 g/mol. The molecule has 1 aliphatic rings. The maximum Gasteiger partial charge on any atom is 0.123 e. The predicted octanol–water partition coefficient (Wildman–Crippen LogP) is 1.52. The van der Waals surface area contributed by atoms with Gasteiger partial charge in [0.15, 0.2) is 0 Å². The van der Waals surface area contributed by atoms with E-state index in [2.05, 4.69) is 4.90 Å². The molecule has 3 nitrogen and oxygen atoms in total. The van der Waals surface area contributed by atoms with Crippen LogP contribution in [0.3, 0.4) is 0 Å². The highest BCUT2D eigenvalue weighted by Crippen LogP contribution is 2.15. The third-order valence-corrected chi connectivity index (χ3v) is 3.12. The molecule has 1 saturated heterocycles. The molecule has 0 aromatic heterocycles. The van der Waals surface area contributed by atoms with Gasteiger partial charge in [-0.05, 0) is 43.1 Å². The number of hydrogen-bond donors (Lipinski definition) is 1. The number of aliphatic hydroxyl groups is 1. The van der Waals surface area contributed by atoms with Crippen LogP contribution in [0.25, 0.3) is 0 Å². The first-order valence-corrected chi connectivity index (χ1v) is 5.99. The summed E-state index contributed by atoms with van der Waals surface area (Å²) in [6.07, 6.45) is 1.06. The molecule has 1 fully saturated rings. The Kier molecular flexibility index (Phi) is 4.34. The van der Waals surface area contributed by atoms with Crippen LogP contribution in [-0.2, 0) is 0 Å². The van der Waals surface area contributed by atoms with Gasteiger partial charge in [0.25, 0.3) is 0 Å². The fourth-order valence-electron chi connectivity index (χ4n) is 2.09. The molecule has 0 aliphatic carbocycles.